The van der Waals surface area contributed by atoms with Crippen LogP contribution in [0, 0.1) is 11.8 Å². The third-order valence-electron chi connectivity index (χ3n) is 5.38. The minimum Gasteiger partial charge on any atom is -0.382 e. The Balaban J connectivity index is 1.47. The molecule has 21 heavy (non-hydrogen) atoms. The second-order valence-corrected chi connectivity index (χ2v) is 6.72. The Labute approximate surface area is 126 Å². The van der Waals surface area contributed by atoms with Crippen molar-refractivity contribution in [1.82, 2.24) is 9.97 Å². The van der Waals surface area contributed by atoms with Gasteiger partial charge < -0.3 is 5.32 Å². The Hall–Kier alpha value is -1.64. The second-order valence-electron chi connectivity index (χ2n) is 6.72. The molecular formula is C18H23N3. The molecule has 0 amide bonds. The maximum absolute atomic E-state index is 4.40. The molecule has 2 aliphatic rings. The zero-order valence-electron chi connectivity index (χ0n) is 12.5. The van der Waals surface area contributed by atoms with Gasteiger partial charge in [-0.2, -0.15) is 0 Å². The highest BCUT2D eigenvalue weighted by Gasteiger charge is 2.31. The Bertz CT molecular complexity index is 625. The summed E-state index contributed by atoms with van der Waals surface area (Å²) in [5, 5.41) is 3.74. The van der Waals surface area contributed by atoms with Crippen LogP contribution in [-0.4, -0.2) is 16.0 Å². The summed E-state index contributed by atoms with van der Waals surface area (Å²) in [6.07, 6.45) is 13.4. The van der Waals surface area contributed by atoms with Gasteiger partial charge in [-0.05, 0) is 49.3 Å². The van der Waals surface area contributed by atoms with Gasteiger partial charge in [0, 0.05) is 24.1 Å². The molecule has 0 aliphatic heterocycles. The highest BCUT2D eigenvalue weighted by Crippen LogP contribution is 2.41. The Kier molecular flexibility index (Phi) is 3.50. The molecule has 1 heterocycles. The maximum Gasteiger partial charge on any atom is 0.0907 e. The smallest absolute Gasteiger partial charge is 0.0907 e. The van der Waals surface area contributed by atoms with Crippen molar-refractivity contribution in [2.45, 2.75) is 51.0 Å². The molecule has 1 aromatic carbocycles. The maximum atomic E-state index is 4.40. The summed E-state index contributed by atoms with van der Waals surface area (Å²) >= 11 is 0. The fourth-order valence-electron chi connectivity index (χ4n) is 4.29. The van der Waals surface area contributed by atoms with E-state index in [1.54, 1.807) is 12.4 Å². The molecule has 110 valence electrons. The quantitative estimate of drug-likeness (QED) is 0.886. The van der Waals surface area contributed by atoms with Crippen LogP contribution in [0.3, 0.4) is 0 Å². The zero-order valence-corrected chi connectivity index (χ0v) is 12.5. The van der Waals surface area contributed by atoms with E-state index in [9.17, 15) is 0 Å². The van der Waals surface area contributed by atoms with Crippen LogP contribution in [0.25, 0.3) is 11.0 Å². The van der Waals surface area contributed by atoms with Gasteiger partial charge in [-0.1, -0.05) is 25.7 Å². The van der Waals surface area contributed by atoms with Crippen molar-refractivity contribution in [3.63, 3.8) is 0 Å². The van der Waals surface area contributed by atoms with Gasteiger partial charge >= 0.3 is 0 Å². The van der Waals surface area contributed by atoms with Crippen LogP contribution in [0.15, 0.2) is 30.6 Å². The lowest BCUT2D eigenvalue weighted by atomic mass is 9.69. The van der Waals surface area contributed by atoms with Gasteiger partial charge in [0.2, 0.25) is 0 Å². The van der Waals surface area contributed by atoms with Crippen LogP contribution in [0.1, 0.15) is 44.9 Å². The van der Waals surface area contributed by atoms with Gasteiger partial charge in [0.05, 0.1) is 11.0 Å². The number of nitrogens with zero attached hydrogens (tertiary/aromatic N) is 2. The minimum absolute atomic E-state index is 0.637. The van der Waals surface area contributed by atoms with Crippen LogP contribution in [0.4, 0.5) is 5.69 Å². The van der Waals surface area contributed by atoms with E-state index in [4.69, 9.17) is 0 Å². The number of benzene rings is 1. The van der Waals surface area contributed by atoms with E-state index in [1.165, 1.54) is 50.6 Å². The first-order valence-corrected chi connectivity index (χ1v) is 8.36. The SMILES string of the molecule is c1cnc2cc(NC3CCC4CCCCC4C3)ccc2n1. The van der Waals surface area contributed by atoms with Crippen molar-refractivity contribution in [2.24, 2.45) is 11.8 Å². The van der Waals surface area contributed by atoms with Gasteiger partial charge in [0.1, 0.15) is 0 Å². The fraction of sp³-hybridized carbons (Fsp3) is 0.556. The third-order valence-corrected chi connectivity index (χ3v) is 5.38. The summed E-state index contributed by atoms with van der Waals surface area (Å²) in [4.78, 5) is 8.73. The molecule has 0 radical (unpaired) electrons. The summed E-state index contributed by atoms with van der Waals surface area (Å²) in [5.74, 6) is 1.98. The van der Waals surface area contributed by atoms with Crippen LogP contribution in [0.5, 0.6) is 0 Å². The van der Waals surface area contributed by atoms with Crippen molar-refractivity contribution < 1.29 is 0 Å². The molecule has 0 spiro atoms. The molecule has 3 unspecified atom stereocenters. The first-order chi connectivity index (χ1) is 10.4. The van der Waals surface area contributed by atoms with Gasteiger partial charge in [-0.15, -0.1) is 0 Å². The van der Waals surface area contributed by atoms with Gasteiger partial charge in [-0.25, -0.2) is 0 Å². The molecule has 0 saturated heterocycles. The van der Waals surface area contributed by atoms with Crippen molar-refractivity contribution in [3.05, 3.63) is 30.6 Å². The van der Waals surface area contributed by atoms with E-state index in [-0.39, 0.29) is 0 Å². The molecule has 2 fully saturated rings. The van der Waals surface area contributed by atoms with Crippen molar-refractivity contribution in [2.75, 3.05) is 5.32 Å². The van der Waals surface area contributed by atoms with Crippen molar-refractivity contribution in [1.29, 1.82) is 0 Å². The summed E-state index contributed by atoms with van der Waals surface area (Å²) in [6.45, 7) is 0. The van der Waals surface area contributed by atoms with Crippen LogP contribution >= 0.6 is 0 Å². The van der Waals surface area contributed by atoms with Gasteiger partial charge in [0.15, 0.2) is 0 Å². The number of hydrogen-bond donors (Lipinski definition) is 1. The molecule has 3 heteroatoms. The summed E-state index contributed by atoms with van der Waals surface area (Å²) in [6, 6.07) is 6.98. The van der Waals surface area contributed by atoms with E-state index in [0.29, 0.717) is 6.04 Å². The first kappa shape index (κ1) is 13.1. The lowest BCUT2D eigenvalue weighted by Crippen LogP contribution is -2.34. The number of nitrogens with one attached hydrogen (secondary N) is 1. The van der Waals surface area contributed by atoms with E-state index in [1.807, 2.05) is 0 Å². The molecule has 1 aromatic heterocycles. The number of aromatic nitrogens is 2. The molecule has 1 N–H and O–H groups in total. The number of fused-ring (bicyclic) bond motifs is 2. The van der Waals surface area contributed by atoms with Crippen molar-refractivity contribution in [3.8, 4) is 0 Å². The van der Waals surface area contributed by atoms with E-state index < -0.39 is 0 Å². The summed E-state index contributed by atoms with van der Waals surface area (Å²) < 4.78 is 0. The Morgan fingerprint density at radius 3 is 2.57 bits per heavy atom. The minimum atomic E-state index is 0.637. The Morgan fingerprint density at radius 1 is 0.857 bits per heavy atom. The normalized spacial score (nSPS) is 29.0. The number of anilines is 1. The zero-order chi connectivity index (χ0) is 14.1. The molecule has 2 saturated carbocycles. The highest BCUT2D eigenvalue weighted by molar-refractivity contribution is 5.78. The standard InChI is InChI=1S/C18H23N3/c1-2-4-14-11-15(6-5-13(14)3-1)21-16-7-8-17-18(12-16)20-10-9-19-17/h7-10,12-15,21H,1-6,11H2. The second kappa shape index (κ2) is 5.63. The average Bonchev–Trinajstić information content (AvgIpc) is 2.55. The fourth-order valence-corrected chi connectivity index (χ4v) is 4.29. The van der Waals surface area contributed by atoms with E-state index in [2.05, 4.69) is 33.5 Å². The molecule has 3 atom stereocenters. The molecule has 2 aliphatic carbocycles. The van der Waals surface area contributed by atoms with Crippen LogP contribution in [-0.2, 0) is 0 Å². The topological polar surface area (TPSA) is 37.8 Å². The molecule has 4 rings (SSSR count). The van der Waals surface area contributed by atoms with Crippen LogP contribution < -0.4 is 5.32 Å². The Morgan fingerprint density at radius 2 is 1.67 bits per heavy atom. The lowest BCUT2D eigenvalue weighted by Gasteiger charge is -2.39. The third kappa shape index (κ3) is 2.74. The summed E-state index contributed by atoms with van der Waals surface area (Å²) in [5.41, 5.74) is 3.15. The van der Waals surface area contributed by atoms with Gasteiger partial charge in [-0.3, -0.25) is 9.97 Å². The largest absolute Gasteiger partial charge is 0.382 e. The summed E-state index contributed by atoms with van der Waals surface area (Å²) in [7, 11) is 0. The predicted octanol–water partition coefficient (Wildman–Crippen LogP) is 4.40. The number of hydrogen-bond acceptors (Lipinski definition) is 3. The molecule has 0 bridgehead atoms. The predicted molar refractivity (Wildman–Crippen MR) is 86.2 cm³/mol. The molecule has 3 nitrogen and oxygen atoms in total. The van der Waals surface area contributed by atoms with E-state index >= 15 is 0 Å². The van der Waals surface area contributed by atoms with Crippen molar-refractivity contribution >= 4 is 16.7 Å². The lowest BCUT2D eigenvalue weighted by molar-refractivity contribution is 0.162. The first-order valence-electron chi connectivity index (χ1n) is 8.36. The van der Waals surface area contributed by atoms with Crippen LogP contribution in [0.2, 0.25) is 0 Å². The monoisotopic (exact) mass is 281 g/mol. The molecule has 2 aromatic rings. The van der Waals surface area contributed by atoms with Gasteiger partial charge in [0.25, 0.3) is 0 Å². The highest BCUT2D eigenvalue weighted by atomic mass is 14.9. The average molecular weight is 281 g/mol. The molecular weight excluding hydrogens is 258 g/mol. The van der Waals surface area contributed by atoms with E-state index in [0.717, 1.165) is 22.9 Å². The number of rotatable bonds is 2.